The molecule has 64 valence electrons. The van der Waals surface area contributed by atoms with Crippen LogP contribution in [0, 0.1) is 11.8 Å². The minimum Gasteiger partial charge on any atom is -0.381 e. The van der Waals surface area contributed by atoms with Crippen molar-refractivity contribution in [2.45, 2.75) is 31.7 Å². The van der Waals surface area contributed by atoms with Gasteiger partial charge in [-0.15, -0.1) is 0 Å². The van der Waals surface area contributed by atoms with Gasteiger partial charge in [-0.2, -0.15) is 0 Å². The van der Waals surface area contributed by atoms with Gasteiger partial charge in [-0.3, -0.25) is 0 Å². The van der Waals surface area contributed by atoms with Gasteiger partial charge in [-0.25, -0.2) is 0 Å². The van der Waals surface area contributed by atoms with E-state index in [1.165, 1.54) is 25.7 Å². The summed E-state index contributed by atoms with van der Waals surface area (Å²) in [6.07, 6.45) is 5.30. The average molecular weight is 155 g/mol. The fourth-order valence-corrected chi connectivity index (χ4v) is 2.07. The zero-order valence-electron chi connectivity index (χ0n) is 6.96. The smallest absolute Gasteiger partial charge is 0.0510 e. The van der Waals surface area contributed by atoms with Crippen LogP contribution in [0.3, 0.4) is 0 Å². The largest absolute Gasteiger partial charge is 0.381 e. The summed E-state index contributed by atoms with van der Waals surface area (Å²) in [6, 6.07) is 0.436. The lowest BCUT2D eigenvalue weighted by atomic mass is 9.75. The molecule has 0 bridgehead atoms. The Balaban J connectivity index is 1.82. The molecule has 1 heterocycles. The summed E-state index contributed by atoms with van der Waals surface area (Å²) in [5.41, 5.74) is 6.10. The summed E-state index contributed by atoms with van der Waals surface area (Å²) in [7, 11) is 0. The van der Waals surface area contributed by atoms with Crippen LogP contribution in [0.15, 0.2) is 0 Å². The molecular weight excluding hydrogens is 138 g/mol. The standard InChI is InChI=1S/C9H17NO/c10-9(7-2-1-3-7)8-4-5-11-6-8/h7-9H,1-6,10H2/t8-,9+/m1/s1. The van der Waals surface area contributed by atoms with Crippen LogP contribution in [0.5, 0.6) is 0 Å². The summed E-state index contributed by atoms with van der Waals surface area (Å²) < 4.78 is 5.32. The van der Waals surface area contributed by atoms with E-state index in [4.69, 9.17) is 10.5 Å². The highest BCUT2D eigenvalue weighted by atomic mass is 16.5. The van der Waals surface area contributed by atoms with Gasteiger partial charge in [-0.1, -0.05) is 6.42 Å². The Morgan fingerprint density at radius 1 is 1.18 bits per heavy atom. The van der Waals surface area contributed by atoms with Crippen molar-refractivity contribution in [1.29, 1.82) is 0 Å². The van der Waals surface area contributed by atoms with Gasteiger partial charge < -0.3 is 10.5 Å². The topological polar surface area (TPSA) is 35.2 Å². The molecule has 0 unspecified atom stereocenters. The van der Waals surface area contributed by atoms with E-state index >= 15 is 0 Å². The van der Waals surface area contributed by atoms with Crippen molar-refractivity contribution in [1.82, 2.24) is 0 Å². The van der Waals surface area contributed by atoms with Crippen molar-refractivity contribution in [3.63, 3.8) is 0 Å². The number of hydrogen-bond acceptors (Lipinski definition) is 2. The second-order valence-electron chi connectivity index (χ2n) is 3.89. The molecule has 2 nitrogen and oxygen atoms in total. The second-order valence-corrected chi connectivity index (χ2v) is 3.89. The number of nitrogens with two attached hydrogens (primary N) is 1. The molecule has 0 aromatic heterocycles. The van der Waals surface area contributed by atoms with Crippen LogP contribution in [0.2, 0.25) is 0 Å². The van der Waals surface area contributed by atoms with E-state index in [1.807, 2.05) is 0 Å². The van der Waals surface area contributed by atoms with Gasteiger partial charge in [0.1, 0.15) is 0 Å². The molecule has 0 radical (unpaired) electrons. The Kier molecular flexibility index (Phi) is 2.14. The highest BCUT2D eigenvalue weighted by Crippen LogP contribution is 2.33. The molecular formula is C9H17NO. The second kappa shape index (κ2) is 3.11. The predicted octanol–water partition coefficient (Wildman–Crippen LogP) is 1.15. The van der Waals surface area contributed by atoms with Gasteiger partial charge in [0.05, 0.1) is 6.61 Å². The lowest BCUT2D eigenvalue weighted by molar-refractivity contribution is 0.156. The molecule has 2 heteroatoms. The van der Waals surface area contributed by atoms with E-state index in [2.05, 4.69) is 0 Å². The normalized spacial score (nSPS) is 35.2. The van der Waals surface area contributed by atoms with Crippen molar-refractivity contribution in [3.8, 4) is 0 Å². The predicted molar refractivity (Wildman–Crippen MR) is 44.2 cm³/mol. The summed E-state index contributed by atoms with van der Waals surface area (Å²) in [6.45, 7) is 1.85. The molecule has 0 spiro atoms. The quantitative estimate of drug-likeness (QED) is 0.649. The molecule has 0 aromatic carbocycles. The van der Waals surface area contributed by atoms with Gasteiger partial charge in [-0.05, 0) is 31.1 Å². The fourth-order valence-electron chi connectivity index (χ4n) is 2.07. The van der Waals surface area contributed by atoms with Crippen molar-refractivity contribution in [2.75, 3.05) is 13.2 Å². The molecule has 0 amide bonds. The van der Waals surface area contributed by atoms with Crippen LogP contribution in [0.4, 0.5) is 0 Å². The highest BCUT2D eigenvalue weighted by Gasteiger charge is 2.32. The Bertz CT molecular complexity index is 128. The summed E-state index contributed by atoms with van der Waals surface area (Å²) in [5, 5.41) is 0. The molecule has 2 N–H and O–H groups in total. The Hall–Kier alpha value is -0.0800. The van der Waals surface area contributed by atoms with E-state index in [0.29, 0.717) is 12.0 Å². The molecule has 1 aliphatic heterocycles. The Labute approximate surface area is 68.1 Å². The summed E-state index contributed by atoms with van der Waals surface area (Å²) >= 11 is 0. The molecule has 2 rings (SSSR count). The first kappa shape index (κ1) is 7.56. The first-order chi connectivity index (χ1) is 5.38. The lowest BCUT2D eigenvalue weighted by Crippen LogP contribution is -2.41. The molecule has 2 fully saturated rings. The minimum absolute atomic E-state index is 0.436. The zero-order valence-corrected chi connectivity index (χ0v) is 6.96. The molecule has 1 saturated carbocycles. The van der Waals surface area contributed by atoms with E-state index in [0.717, 1.165) is 19.1 Å². The van der Waals surface area contributed by atoms with Crippen molar-refractivity contribution < 1.29 is 4.74 Å². The third-order valence-corrected chi connectivity index (χ3v) is 3.20. The summed E-state index contributed by atoms with van der Waals surface area (Å²) in [4.78, 5) is 0. The fraction of sp³-hybridized carbons (Fsp3) is 1.00. The van der Waals surface area contributed by atoms with Crippen molar-refractivity contribution in [2.24, 2.45) is 17.6 Å². The van der Waals surface area contributed by atoms with Crippen LogP contribution in [-0.4, -0.2) is 19.3 Å². The number of ether oxygens (including phenoxy) is 1. The van der Waals surface area contributed by atoms with Crippen molar-refractivity contribution >= 4 is 0 Å². The monoisotopic (exact) mass is 155 g/mol. The first-order valence-electron chi connectivity index (χ1n) is 4.71. The van der Waals surface area contributed by atoms with Crippen LogP contribution in [0.25, 0.3) is 0 Å². The maximum absolute atomic E-state index is 6.10. The van der Waals surface area contributed by atoms with Crippen LogP contribution in [-0.2, 0) is 4.74 Å². The Morgan fingerprint density at radius 3 is 2.45 bits per heavy atom. The molecule has 1 saturated heterocycles. The van der Waals surface area contributed by atoms with Crippen molar-refractivity contribution in [3.05, 3.63) is 0 Å². The Morgan fingerprint density at radius 2 is 2.00 bits per heavy atom. The van der Waals surface area contributed by atoms with Gasteiger partial charge >= 0.3 is 0 Å². The molecule has 11 heavy (non-hydrogen) atoms. The van der Waals surface area contributed by atoms with Crippen LogP contribution >= 0.6 is 0 Å². The molecule has 2 atom stereocenters. The van der Waals surface area contributed by atoms with E-state index in [1.54, 1.807) is 0 Å². The molecule has 2 aliphatic rings. The zero-order chi connectivity index (χ0) is 7.68. The van der Waals surface area contributed by atoms with Gasteiger partial charge in [0, 0.05) is 12.6 Å². The van der Waals surface area contributed by atoms with Gasteiger partial charge in [0.25, 0.3) is 0 Å². The first-order valence-corrected chi connectivity index (χ1v) is 4.71. The van der Waals surface area contributed by atoms with Crippen LogP contribution in [0.1, 0.15) is 25.7 Å². The minimum atomic E-state index is 0.436. The maximum atomic E-state index is 6.10. The molecule has 0 aromatic rings. The van der Waals surface area contributed by atoms with E-state index < -0.39 is 0 Å². The SMILES string of the molecule is N[C@@H](C1CCC1)[C@@H]1CCOC1. The third-order valence-electron chi connectivity index (χ3n) is 3.20. The molecule has 1 aliphatic carbocycles. The van der Waals surface area contributed by atoms with Crippen LogP contribution < -0.4 is 5.73 Å². The maximum Gasteiger partial charge on any atom is 0.0510 e. The van der Waals surface area contributed by atoms with Gasteiger partial charge in [0.15, 0.2) is 0 Å². The van der Waals surface area contributed by atoms with E-state index in [9.17, 15) is 0 Å². The lowest BCUT2D eigenvalue weighted by Gasteiger charge is -2.34. The van der Waals surface area contributed by atoms with E-state index in [-0.39, 0.29) is 0 Å². The summed E-state index contributed by atoms with van der Waals surface area (Å²) in [5.74, 6) is 1.49. The number of rotatable bonds is 2. The number of hydrogen-bond donors (Lipinski definition) is 1. The highest BCUT2D eigenvalue weighted by molar-refractivity contribution is 4.86. The average Bonchev–Trinajstić information content (AvgIpc) is 2.32. The van der Waals surface area contributed by atoms with Gasteiger partial charge in [0.2, 0.25) is 0 Å². The third kappa shape index (κ3) is 1.42.